The summed E-state index contributed by atoms with van der Waals surface area (Å²) < 4.78 is 2.71. The van der Waals surface area contributed by atoms with Gasteiger partial charge in [0.25, 0.3) is 0 Å². The maximum Gasteiger partial charge on any atom is 0.0736 e. The molecule has 0 bridgehead atoms. The van der Waals surface area contributed by atoms with E-state index in [1.54, 1.807) is 0 Å². The third kappa shape index (κ3) is 3.09. The molecule has 0 radical (unpaired) electrons. The van der Waals surface area contributed by atoms with E-state index in [9.17, 15) is 0 Å². The molecular weight excluding hydrogens is 394 g/mol. The van der Waals surface area contributed by atoms with Gasteiger partial charge in [-0.15, -0.1) is 11.3 Å². The molecular formula is C29H25NS. The molecule has 0 unspecified atom stereocenters. The van der Waals surface area contributed by atoms with Crippen LogP contribution in [-0.4, -0.2) is 4.98 Å². The standard InChI is InChI=1S/C29H25NS/c1-18-6-5-7-19(2)28(18)21-10-12-24-25-16-22(11-13-26(25)31-27(24)17-21)29-23-9-4-3-8-20(23)14-15-30-29/h5-7,10-17H,3-4,8-9H2,1-2H3. The van der Waals surface area contributed by atoms with E-state index < -0.39 is 0 Å². The van der Waals surface area contributed by atoms with Crippen LogP contribution in [0.15, 0.2) is 66.9 Å². The molecule has 3 aromatic carbocycles. The van der Waals surface area contributed by atoms with Crippen molar-refractivity contribution in [1.29, 1.82) is 0 Å². The SMILES string of the molecule is Cc1cccc(C)c1-c1ccc2c(c1)sc1ccc(-c3nccc4c3CCCC4)cc12. The number of aromatic nitrogens is 1. The van der Waals surface area contributed by atoms with Gasteiger partial charge in [0.15, 0.2) is 0 Å². The molecule has 0 fully saturated rings. The second-order valence-electron chi connectivity index (χ2n) is 8.80. The van der Waals surface area contributed by atoms with Crippen LogP contribution in [0.2, 0.25) is 0 Å². The number of benzene rings is 3. The Bertz CT molecular complexity index is 1440. The Labute approximate surface area is 187 Å². The Balaban J connectivity index is 1.51. The first-order valence-corrected chi connectivity index (χ1v) is 12.0. The van der Waals surface area contributed by atoms with Crippen molar-refractivity contribution in [2.45, 2.75) is 39.5 Å². The van der Waals surface area contributed by atoms with Crippen molar-refractivity contribution in [3.05, 3.63) is 89.1 Å². The topological polar surface area (TPSA) is 12.9 Å². The van der Waals surface area contributed by atoms with Gasteiger partial charge in [-0.25, -0.2) is 0 Å². The Kier molecular flexibility index (Phi) is 4.43. The van der Waals surface area contributed by atoms with Gasteiger partial charge in [-0.3, -0.25) is 4.98 Å². The lowest BCUT2D eigenvalue weighted by Gasteiger charge is -2.18. The quantitative estimate of drug-likeness (QED) is 0.280. The second-order valence-corrected chi connectivity index (χ2v) is 9.88. The number of rotatable bonds is 2. The third-order valence-corrected chi connectivity index (χ3v) is 7.92. The largest absolute Gasteiger partial charge is 0.256 e. The first-order valence-electron chi connectivity index (χ1n) is 11.2. The van der Waals surface area contributed by atoms with Crippen molar-refractivity contribution < 1.29 is 0 Å². The molecule has 31 heavy (non-hydrogen) atoms. The molecule has 1 aliphatic carbocycles. The van der Waals surface area contributed by atoms with Crippen molar-refractivity contribution in [3.63, 3.8) is 0 Å². The van der Waals surface area contributed by atoms with E-state index in [-0.39, 0.29) is 0 Å². The van der Waals surface area contributed by atoms with Crippen LogP contribution in [-0.2, 0) is 12.8 Å². The zero-order chi connectivity index (χ0) is 20.9. The Morgan fingerprint density at radius 2 is 1.55 bits per heavy atom. The molecule has 0 atom stereocenters. The number of hydrogen-bond acceptors (Lipinski definition) is 2. The van der Waals surface area contributed by atoms with E-state index in [1.807, 2.05) is 17.5 Å². The highest BCUT2D eigenvalue weighted by molar-refractivity contribution is 7.25. The highest BCUT2D eigenvalue weighted by atomic mass is 32.1. The molecule has 6 rings (SSSR count). The van der Waals surface area contributed by atoms with Gasteiger partial charge in [0.1, 0.15) is 0 Å². The zero-order valence-corrected chi connectivity index (χ0v) is 18.9. The molecule has 0 saturated carbocycles. The molecule has 1 aliphatic rings. The number of thiophene rings is 1. The van der Waals surface area contributed by atoms with Gasteiger partial charge < -0.3 is 0 Å². The van der Waals surface area contributed by atoms with Crippen LogP contribution in [0.25, 0.3) is 42.6 Å². The monoisotopic (exact) mass is 419 g/mol. The van der Waals surface area contributed by atoms with Crippen LogP contribution in [0.5, 0.6) is 0 Å². The summed E-state index contributed by atoms with van der Waals surface area (Å²) in [4.78, 5) is 4.81. The molecule has 0 N–H and O–H groups in total. The van der Waals surface area contributed by atoms with Crippen LogP contribution < -0.4 is 0 Å². The Morgan fingerprint density at radius 3 is 2.42 bits per heavy atom. The molecule has 2 heteroatoms. The average Bonchev–Trinajstić information content (AvgIpc) is 3.15. The van der Waals surface area contributed by atoms with E-state index >= 15 is 0 Å². The third-order valence-electron chi connectivity index (χ3n) is 6.79. The second kappa shape index (κ2) is 7.32. The minimum Gasteiger partial charge on any atom is -0.256 e. The molecule has 1 nitrogen and oxygen atoms in total. The van der Waals surface area contributed by atoms with Crippen molar-refractivity contribution >= 4 is 31.5 Å². The number of pyridine rings is 1. The number of aryl methyl sites for hydroxylation is 3. The molecule has 0 spiro atoms. The lowest BCUT2D eigenvalue weighted by molar-refractivity contribution is 0.684. The van der Waals surface area contributed by atoms with Gasteiger partial charge in [-0.1, -0.05) is 36.4 Å². The van der Waals surface area contributed by atoms with Crippen molar-refractivity contribution in [3.8, 4) is 22.4 Å². The first kappa shape index (κ1) is 18.8. The van der Waals surface area contributed by atoms with Crippen molar-refractivity contribution in [2.24, 2.45) is 0 Å². The predicted octanol–water partition coefficient (Wildman–Crippen LogP) is 8.28. The summed E-state index contributed by atoms with van der Waals surface area (Å²) in [6.45, 7) is 4.41. The normalized spacial score (nSPS) is 13.6. The fraction of sp³-hybridized carbons (Fsp3) is 0.207. The summed E-state index contributed by atoms with van der Waals surface area (Å²) >= 11 is 1.89. The van der Waals surface area contributed by atoms with E-state index in [1.165, 1.54) is 84.1 Å². The molecule has 2 heterocycles. The lowest BCUT2D eigenvalue weighted by atomic mass is 9.89. The molecule has 0 amide bonds. The summed E-state index contributed by atoms with van der Waals surface area (Å²) in [7, 11) is 0. The number of nitrogens with zero attached hydrogens (tertiary/aromatic N) is 1. The van der Waals surface area contributed by atoms with Crippen molar-refractivity contribution in [2.75, 3.05) is 0 Å². The smallest absolute Gasteiger partial charge is 0.0736 e. The molecule has 2 aromatic heterocycles. The summed E-state index contributed by atoms with van der Waals surface area (Å²) in [5.41, 5.74) is 10.7. The maximum absolute atomic E-state index is 4.81. The Morgan fingerprint density at radius 1 is 0.742 bits per heavy atom. The lowest BCUT2D eigenvalue weighted by Crippen LogP contribution is -2.05. The van der Waals surface area contributed by atoms with E-state index in [0.29, 0.717) is 0 Å². The minimum absolute atomic E-state index is 1.15. The van der Waals surface area contributed by atoms with Crippen LogP contribution >= 0.6 is 11.3 Å². The molecule has 0 saturated heterocycles. The van der Waals surface area contributed by atoms with Gasteiger partial charge in [-0.2, -0.15) is 0 Å². The zero-order valence-electron chi connectivity index (χ0n) is 18.0. The fourth-order valence-electron chi connectivity index (χ4n) is 5.26. The summed E-state index contributed by atoms with van der Waals surface area (Å²) in [6, 6.07) is 22.7. The summed E-state index contributed by atoms with van der Waals surface area (Å²) in [5, 5.41) is 2.70. The van der Waals surface area contributed by atoms with E-state index in [4.69, 9.17) is 4.98 Å². The number of fused-ring (bicyclic) bond motifs is 4. The van der Waals surface area contributed by atoms with Crippen LogP contribution in [0, 0.1) is 13.8 Å². The Hall–Kier alpha value is -2.97. The minimum atomic E-state index is 1.15. The first-order chi connectivity index (χ1) is 15.2. The van der Waals surface area contributed by atoms with E-state index in [0.717, 1.165) is 6.42 Å². The van der Waals surface area contributed by atoms with E-state index in [2.05, 4.69) is 74.5 Å². The predicted molar refractivity (Wildman–Crippen MR) is 134 cm³/mol. The average molecular weight is 420 g/mol. The summed E-state index contributed by atoms with van der Waals surface area (Å²) in [6.07, 6.45) is 6.91. The van der Waals surface area contributed by atoms with Gasteiger partial charge >= 0.3 is 0 Å². The van der Waals surface area contributed by atoms with Gasteiger partial charge in [0.05, 0.1) is 5.69 Å². The van der Waals surface area contributed by atoms with Crippen LogP contribution in [0.4, 0.5) is 0 Å². The number of hydrogen-bond donors (Lipinski definition) is 0. The van der Waals surface area contributed by atoms with Crippen LogP contribution in [0.3, 0.4) is 0 Å². The molecule has 152 valence electrons. The molecule has 5 aromatic rings. The van der Waals surface area contributed by atoms with Gasteiger partial charge in [0.2, 0.25) is 0 Å². The van der Waals surface area contributed by atoms with Crippen molar-refractivity contribution in [1.82, 2.24) is 4.98 Å². The highest BCUT2D eigenvalue weighted by Gasteiger charge is 2.16. The fourth-order valence-corrected chi connectivity index (χ4v) is 6.39. The van der Waals surface area contributed by atoms with Gasteiger partial charge in [0, 0.05) is 31.9 Å². The maximum atomic E-state index is 4.81. The molecule has 0 aliphatic heterocycles. The highest BCUT2D eigenvalue weighted by Crippen LogP contribution is 2.40. The van der Waals surface area contributed by atoms with Gasteiger partial charge in [-0.05, 0) is 97.2 Å². The summed E-state index contributed by atoms with van der Waals surface area (Å²) in [5.74, 6) is 0. The van der Waals surface area contributed by atoms with Crippen LogP contribution in [0.1, 0.15) is 35.1 Å².